The van der Waals surface area contributed by atoms with Gasteiger partial charge in [0.1, 0.15) is 0 Å². The Morgan fingerprint density at radius 3 is 2.30 bits per heavy atom. The number of carbonyl (C=O) groups is 2. The fourth-order valence-corrected chi connectivity index (χ4v) is 4.24. The number of nitrogens with zero attached hydrogens (tertiary/aromatic N) is 1. The van der Waals surface area contributed by atoms with Crippen LogP contribution in [-0.4, -0.2) is 27.7 Å². The first kappa shape index (κ1) is 28.6. The molecule has 0 aliphatic heterocycles. The Hall–Kier alpha value is -4.41. The number of pyridine rings is 1. The van der Waals surface area contributed by atoms with Crippen molar-refractivity contribution in [2.75, 3.05) is 0 Å². The van der Waals surface area contributed by atoms with Crippen LogP contribution in [0.5, 0.6) is 0 Å². The second-order valence-corrected chi connectivity index (χ2v) is 9.12. The minimum Gasteiger partial charge on any atom is -0.361 e. The number of rotatable bonds is 9. The van der Waals surface area contributed by atoms with Crippen molar-refractivity contribution in [3.8, 4) is 0 Å². The van der Waals surface area contributed by atoms with E-state index in [4.69, 9.17) is 0 Å². The number of hydrogen-bond donors (Lipinski definition) is 2. The van der Waals surface area contributed by atoms with Gasteiger partial charge in [-0.3, -0.25) is 14.6 Å². The standard InChI is InChI=1S/C29H23F6N3O2/c30-28(31,32)21-12-19(13-22(15-21)29(33,34)35)7-9-26(39)25(14-20-17-37-24-6-2-1-5-23(20)24)38-27(40)10-8-18-4-3-11-36-16-18/h1-6,8,10-13,15-17,25,37H,7,9,14H2,(H,38,40). The zero-order chi connectivity index (χ0) is 28.9. The van der Waals surface area contributed by atoms with Crippen LogP contribution in [0.4, 0.5) is 26.3 Å². The second kappa shape index (κ2) is 11.8. The van der Waals surface area contributed by atoms with E-state index in [-0.39, 0.29) is 24.5 Å². The first-order valence-electron chi connectivity index (χ1n) is 12.1. The van der Waals surface area contributed by atoms with Crippen LogP contribution in [0.25, 0.3) is 17.0 Å². The van der Waals surface area contributed by atoms with Crippen molar-refractivity contribution < 1.29 is 35.9 Å². The highest BCUT2D eigenvalue weighted by atomic mass is 19.4. The molecule has 0 spiro atoms. The van der Waals surface area contributed by atoms with Crippen molar-refractivity contribution in [3.05, 3.63) is 107 Å². The molecule has 40 heavy (non-hydrogen) atoms. The lowest BCUT2D eigenvalue weighted by atomic mass is 9.95. The monoisotopic (exact) mass is 559 g/mol. The van der Waals surface area contributed by atoms with E-state index in [1.807, 2.05) is 18.2 Å². The summed E-state index contributed by atoms with van der Waals surface area (Å²) in [7, 11) is 0. The Morgan fingerprint density at radius 1 is 0.950 bits per heavy atom. The number of fused-ring (bicyclic) bond motifs is 1. The number of nitrogens with one attached hydrogen (secondary N) is 2. The van der Waals surface area contributed by atoms with E-state index in [1.54, 1.807) is 30.6 Å². The van der Waals surface area contributed by atoms with Crippen LogP contribution in [0.3, 0.4) is 0 Å². The van der Waals surface area contributed by atoms with Crippen molar-refractivity contribution >= 4 is 28.7 Å². The first-order valence-corrected chi connectivity index (χ1v) is 12.1. The van der Waals surface area contributed by atoms with Crippen LogP contribution in [0.2, 0.25) is 0 Å². The number of amides is 1. The van der Waals surface area contributed by atoms with E-state index in [0.29, 0.717) is 23.3 Å². The average Bonchev–Trinajstić information content (AvgIpc) is 3.32. The number of ketones is 1. The fourth-order valence-electron chi connectivity index (χ4n) is 4.24. The molecule has 0 aliphatic rings. The number of alkyl halides is 6. The lowest BCUT2D eigenvalue weighted by Gasteiger charge is -2.18. The molecule has 2 N–H and O–H groups in total. The van der Waals surface area contributed by atoms with E-state index in [2.05, 4.69) is 15.3 Å². The summed E-state index contributed by atoms with van der Waals surface area (Å²) in [6, 6.07) is 10.8. The molecule has 1 amide bonds. The van der Waals surface area contributed by atoms with Crippen molar-refractivity contribution in [1.29, 1.82) is 0 Å². The Balaban J connectivity index is 1.56. The zero-order valence-corrected chi connectivity index (χ0v) is 20.8. The highest BCUT2D eigenvalue weighted by Crippen LogP contribution is 2.36. The Labute approximate surface area is 224 Å². The van der Waals surface area contributed by atoms with E-state index in [0.717, 1.165) is 10.9 Å². The molecule has 5 nitrogen and oxygen atoms in total. The maximum atomic E-state index is 13.2. The van der Waals surface area contributed by atoms with E-state index in [9.17, 15) is 35.9 Å². The molecule has 0 fully saturated rings. The largest absolute Gasteiger partial charge is 0.416 e. The molecule has 208 valence electrons. The maximum absolute atomic E-state index is 13.2. The van der Waals surface area contributed by atoms with Gasteiger partial charge in [-0.05, 0) is 59.5 Å². The molecule has 0 radical (unpaired) electrons. The number of para-hydroxylation sites is 1. The third kappa shape index (κ3) is 7.37. The van der Waals surface area contributed by atoms with Crippen LogP contribution in [0, 0.1) is 0 Å². The van der Waals surface area contributed by atoms with Gasteiger partial charge in [0, 0.05) is 48.4 Å². The topological polar surface area (TPSA) is 74.8 Å². The molecule has 0 saturated carbocycles. The summed E-state index contributed by atoms with van der Waals surface area (Å²) in [5, 5.41) is 3.44. The number of halogens is 6. The lowest BCUT2D eigenvalue weighted by molar-refractivity contribution is -0.143. The van der Waals surface area contributed by atoms with Crippen molar-refractivity contribution in [2.45, 2.75) is 37.7 Å². The number of Topliss-reactive ketones (excluding diaryl/α,β-unsaturated/α-hetero) is 1. The van der Waals surface area contributed by atoms with Gasteiger partial charge in [-0.2, -0.15) is 26.3 Å². The summed E-state index contributed by atoms with van der Waals surface area (Å²) in [5.41, 5.74) is -1.03. The van der Waals surface area contributed by atoms with Crippen LogP contribution < -0.4 is 5.32 Å². The summed E-state index contributed by atoms with van der Waals surface area (Å²) >= 11 is 0. The SMILES string of the molecule is O=C(C=Cc1cccnc1)NC(Cc1c[nH]c2ccccc12)C(=O)CCc1cc(C(F)(F)F)cc(C(F)(F)F)c1. The van der Waals surface area contributed by atoms with Gasteiger partial charge in [-0.15, -0.1) is 0 Å². The number of carbonyl (C=O) groups excluding carboxylic acids is 2. The molecular formula is C29H23F6N3O2. The van der Waals surface area contributed by atoms with Crippen molar-refractivity contribution in [1.82, 2.24) is 15.3 Å². The van der Waals surface area contributed by atoms with Gasteiger partial charge < -0.3 is 10.3 Å². The average molecular weight is 560 g/mol. The first-order chi connectivity index (χ1) is 18.9. The predicted molar refractivity (Wildman–Crippen MR) is 137 cm³/mol. The molecular weight excluding hydrogens is 536 g/mol. The zero-order valence-electron chi connectivity index (χ0n) is 20.8. The van der Waals surface area contributed by atoms with Crippen LogP contribution in [0.1, 0.15) is 34.2 Å². The van der Waals surface area contributed by atoms with E-state index >= 15 is 0 Å². The van der Waals surface area contributed by atoms with E-state index in [1.165, 1.54) is 18.3 Å². The van der Waals surface area contributed by atoms with Crippen LogP contribution in [0.15, 0.2) is 79.3 Å². The minimum atomic E-state index is -4.99. The third-order valence-electron chi connectivity index (χ3n) is 6.22. The molecule has 4 aromatic rings. The number of H-pyrrole nitrogens is 1. The molecule has 0 aliphatic carbocycles. The minimum absolute atomic E-state index is 0.0416. The highest BCUT2D eigenvalue weighted by molar-refractivity contribution is 5.96. The number of benzene rings is 2. The Bertz CT molecular complexity index is 1490. The number of hydrogen-bond acceptors (Lipinski definition) is 3. The van der Waals surface area contributed by atoms with Gasteiger partial charge in [0.05, 0.1) is 17.2 Å². The molecule has 2 aromatic heterocycles. The smallest absolute Gasteiger partial charge is 0.361 e. The lowest BCUT2D eigenvalue weighted by Crippen LogP contribution is -2.41. The number of aromatic amines is 1. The Kier molecular flexibility index (Phi) is 8.41. The molecule has 11 heteroatoms. The van der Waals surface area contributed by atoms with Gasteiger partial charge in [0.2, 0.25) is 5.91 Å². The second-order valence-electron chi connectivity index (χ2n) is 9.12. The van der Waals surface area contributed by atoms with Crippen molar-refractivity contribution in [2.24, 2.45) is 0 Å². The molecule has 1 unspecified atom stereocenters. The van der Waals surface area contributed by atoms with Crippen LogP contribution in [-0.2, 0) is 34.8 Å². The molecule has 1 atom stereocenters. The van der Waals surface area contributed by atoms with Gasteiger partial charge in [-0.1, -0.05) is 24.3 Å². The maximum Gasteiger partial charge on any atom is 0.416 e. The van der Waals surface area contributed by atoms with Crippen LogP contribution >= 0.6 is 0 Å². The van der Waals surface area contributed by atoms with Gasteiger partial charge in [-0.25, -0.2) is 0 Å². The molecule has 4 rings (SSSR count). The summed E-state index contributed by atoms with van der Waals surface area (Å²) in [6.45, 7) is 0. The molecule has 2 heterocycles. The molecule has 0 saturated heterocycles. The third-order valence-corrected chi connectivity index (χ3v) is 6.22. The highest BCUT2D eigenvalue weighted by Gasteiger charge is 2.37. The predicted octanol–water partition coefficient (Wildman–Crippen LogP) is 6.54. The molecule has 2 aromatic carbocycles. The van der Waals surface area contributed by atoms with Gasteiger partial charge >= 0.3 is 12.4 Å². The number of aryl methyl sites for hydroxylation is 1. The number of aromatic nitrogens is 2. The van der Waals surface area contributed by atoms with Gasteiger partial charge in [0.25, 0.3) is 0 Å². The van der Waals surface area contributed by atoms with E-state index < -0.39 is 47.6 Å². The quantitative estimate of drug-likeness (QED) is 0.181. The van der Waals surface area contributed by atoms with Gasteiger partial charge in [0.15, 0.2) is 5.78 Å². The Morgan fingerprint density at radius 2 is 1.65 bits per heavy atom. The summed E-state index contributed by atoms with van der Waals surface area (Å²) in [5.74, 6) is -1.14. The summed E-state index contributed by atoms with van der Waals surface area (Å²) in [4.78, 5) is 32.9. The summed E-state index contributed by atoms with van der Waals surface area (Å²) < 4.78 is 79.5. The molecule has 0 bridgehead atoms. The summed E-state index contributed by atoms with van der Waals surface area (Å²) in [6.07, 6.45) is -3.20. The fraction of sp³-hybridized carbons (Fsp3) is 0.207. The van der Waals surface area contributed by atoms with Crippen molar-refractivity contribution in [3.63, 3.8) is 0 Å². The normalized spacial score (nSPS) is 13.1.